The Kier molecular flexibility index (Phi) is 17.5. The summed E-state index contributed by atoms with van der Waals surface area (Å²) in [6, 6.07) is 4.05. The summed E-state index contributed by atoms with van der Waals surface area (Å²) >= 11 is 0. The molecule has 1 saturated carbocycles. The van der Waals surface area contributed by atoms with E-state index in [4.69, 9.17) is 14.2 Å². The van der Waals surface area contributed by atoms with Gasteiger partial charge >= 0.3 is 12.1 Å². The fraction of sp³-hybridized carbons (Fsp3) is 0.690. The van der Waals surface area contributed by atoms with Crippen LogP contribution in [0.25, 0.3) is 0 Å². The first kappa shape index (κ1) is 46.8. The summed E-state index contributed by atoms with van der Waals surface area (Å²) in [7, 11) is 0. The topological polar surface area (TPSA) is 199 Å². The number of ketones is 1. The van der Waals surface area contributed by atoms with Crippen molar-refractivity contribution in [2.24, 2.45) is 11.8 Å². The number of hydrogen-bond acceptors (Lipinski definition) is 10. The highest BCUT2D eigenvalue weighted by Crippen LogP contribution is 2.31. The van der Waals surface area contributed by atoms with Crippen LogP contribution >= 0.6 is 0 Å². The first-order chi connectivity index (χ1) is 26.7. The van der Waals surface area contributed by atoms with Crippen LogP contribution in [0.5, 0.6) is 0 Å². The highest BCUT2D eigenvalue weighted by Gasteiger charge is 2.46. The molecule has 1 aromatic carbocycles. The van der Waals surface area contributed by atoms with Gasteiger partial charge in [-0.3, -0.25) is 24.0 Å². The van der Waals surface area contributed by atoms with Gasteiger partial charge in [0.1, 0.15) is 17.7 Å². The summed E-state index contributed by atoms with van der Waals surface area (Å²) in [5, 5.41) is 10.4. The third kappa shape index (κ3) is 15.4. The lowest BCUT2D eigenvalue weighted by Gasteiger charge is -2.34. The maximum Gasteiger partial charge on any atom is 0.407 e. The average Bonchev–Trinajstić information content (AvgIpc) is 3.55. The fourth-order valence-electron chi connectivity index (χ4n) is 7.04. The highest BCUT2D eigenvalue weighted by atomic mass is 16.6. The number of alkyl carbamates (subject to hydrolysis) is 1. The van der Waals surface area contributed by atoms with E-state index in [1.165, 1.54) is 4.90 Å². The van der Waals surface area contributed by atoms with Gasteiger partial charge in [0, 0.05) is 13.0 Å². The third-order valence-corrected chi connectivity index (χ3v) is 9.50. The molecule has 2 aliphatic rings. The normalized spacial score (nSPS) is 19.2. The molecular weight excluding hydrogens is 734 g/mol. The highest BCUT2D eigenvalue weighted by molar-refractivity contribution is 6.38. The van der Waals surface area contributed by atoms with Crippen LogP contribution in [0.2, 0.25) is 0 Å². The van der Waals surface area contributed by atoms with Crippen LogP contribution in [0.1, 0.15) is 125 Å². The minimum absolute atomic E-state index is 0.0788. The van der Waals surface area contributed by atoms with E-state index in [9.17, 15) is 33.6 Å². The molecule has 1 aliphatic heterocycles. The van der Waals surface area contributed by atoms with Crippen LogP contribution in [0, 0.1) is 11.8 Å². The number of amides is 5. The molecule has 1 aliphatic carbocycles. The van der Waals surface area contributed by atoms with Crippen molar-refractivity contribution >= 4 is 41.5 Å². The predicted molar refractivity (Wildman–Crippen MR) is 212 cm³/mol. The van der Waals surface area contributed by atoms with Crippen molar-refractivity contribution in [1.82, 2.24) is 26.2 Å². The molecule has 1 heterocycles. The number of carbonyl (C=O) groups is 7. The summed E-state index contributed by atoms with van der Waals surface area (Å²) in [5.74, 6) is -4.67. The number of ether oxygens (including phenoxy) is 3. The van der Waals surface area contributed by atoms with Crippen LogP contribution in [0.3, 0.4) is 0 Å². The number of carbonyl (C=O) groups excluding carboxylic acids is 7. The number of esters is 1. The molecule has 318 valence electrons. The monoisotopic (exact) mass is 799 g/mol. The van der Waals surface area contributed by atoms with Crippen LogP contribution in [-0.4, -0.2) is 102 Å². The van der Waals surface area contributed by atoms with Crippen LogP contribution < -0.4 is 21.3 Å². The molecule has 15 nitrogen and oxygen atoms in total. The molecule has 5 atom stereocenters. The summed E-state index contributed by atoms with van der Waals surface area (Å²) in [5.41, 5.74) is -0.951. The van der Waals surface area contributed by atoms with E-state index in [-0.39, 0.29) is 37.8 Å². The minimum Gasteiger partial charge on any atom is -0.458 e. The average molecular weight is 800 g/mol. The van der Waals surface area contributed by atoms with Crippen molar-refractivity contribution in [3.05, 3.63) is 35.9 Å². The molecule has 2 fully saturated rings. The van der Waals surface area contributed by atoms with E-state index in [0.29, 0.717) is 12.0 Å². The Morgan fingerprint density at radius 1 is 0.860 bits per heavy atom. The van der Waals surface area contributed by atoms with Crippen molar-refractivity contribution in [2.75, 3.05) is 19.7 Å². The lowest BCUT2D eigenvalue weighted by Crippen LogP contribution is -2.58. The third-order valence-electron chi connectivity index (χ3n) is 9.50. The predicted octanol–water partition coefficient (Wildman–Crippen LogP) is 4.27. The summed E-state index contributed by atoms with van der Waals surface area (Å²) in [6.45, 7) is 16.0. The molecule has 4 N–H and O–H groups in total. The van der Waals surface area contributed by atoms with Gasteiger partial charge in [0.05, 0.1) is 30.9 Å². The van der Waals surface area contributed by atoms with E-state index < -0.39 is 89.5 Å². The van der Waals surface area contributed by atoms with Gasteiger partial charge in [-0.05, 0) is 78.2 Å². The number of Topliss-reactive ketones (excluding diaryl/α,β-unsaturated/α-hetero) is 1. The first-order valence-corrected chi connectivity index (χ1v) is 20.3. The van der Waals surface area contributed by atoms with Crippen molar-refractivity contribution in [3.63, 3.8) is 0 Å². The molecule has 0 spiro atoms. The number of likely N-dealkylation sites (tertiary alicyclic amines) is 1. The van der Waals surface area contributed by atoms with E-state index >= 15 is 0 Å². The molecular formula is C42H65N5O10. The molecule has 1 saturated heterocycles. The summed E-state index contributed by atoms with van der Waals surface area (Å²) in [6.07, 6.45) is 3.71. The Bertz CT molecular complexity index is 1550. The van der Waals surface area contributed by atoms with Gasteiger partial charge in [-0.1, -0.05) is 76.8 Å². The second-order valence-corrected chi connectivity index (χ2v) is 17.4. The number of nitrogens with zero attached hydrogens (tertiary/aromatic N) is 1. The molecule has 1 aromatic rings. The van der Waals surface area contributed by atoms with Crippen molar-refractivity contribution < 1.29 is 47.8 Å². The maximum atomic E-state index is 14.4. The van der Waals surface area contributed by atoms with E-state index in [1.54, 1.807) is 58.0 Å². The first-order valence-electron chi connectivity index (χ1n) is 20.3. The second kappa shape index (κ2) is 21.3. The zero-order chi connectivity index (χ0) is 42.5. The maximum absolute atomic E-state index is 14.4. The van der Waals surface area contributed by atoms with Gasteiger partial charge in [-0.15, -0.1) is 0 Å². The van der Waals surface area contributed by atoms with E-state index in [1.807, 2.05) is 34.6 Å². The Balaban J connectivity index is 1.76. The lowest BCUT2D eigenvalue weighted by molar-refractivity contribution is -0.158. The Labute approximate surface area is 337 Å². The Morgan fingerprint density at radius 3 is 2.09 bits per heavy atom. The van der Waals surface area contributed by atoms with Crippen molar-refractivity contribution in [3.8, 4) is 0 Å². The summed E-state index contributed by atoms with van der Waals surface area (Å²) < 4.78 is 17.1. The Morgan fingerprint density at radius 2 is 1.51 bits per heavy atom. The van der Waals surface area contributed by atoms with E-state index in [0.717, 1.165) is 32.1 Å². The number of nitrogens with one attached hydrogen (secondary N) is 4. The SMILES string of the molecule is CCCC(NC(=O)C1CC(OC(C)(C)C)CN1C(=O)C(NC(=O)OCC(C)C)C1CCCCC1)C(=O)C(=O)NCC(=O)NC(C(=O)OC(C)(C)C)c1ccccc1. The standard InChI is InChI=1S/C42H65N5O10/c1-10-17-30(35(49)37(51)43-23-32(48)45-34(28-20-15-12-16-21-28)39(53)57-42(7,8)9)44-36(50)31-22-29(56-41(4,5)6)24-47(31)38(52)33(27-18-13-11-14-19-27)46-40(54)55-25-26(2)3/h12,15-16,20-21,26-27,29-31,33-34H,10-11,13-14,17-19,22-25H2,1-9H3,(H,43,51)(H,44,50)(H,45,48)(H,46,54). The fourth-order valence-corrected chi connectivity index (χ4v) is 7.04. The van der Waals surface area contributed by atoms with Gasteiger partial charge in [-0.25, -0.2) is 9.59 Å². The molecule has 0 radical (unpaired) electrons. The summed E-state index contributed by atoms with van der Waals surface area (Å²) in [4.78, 5) is 95.6. The van der Waals surface area contributed by atoms with Crippen LogP contribution in [-0.2, 0) is 43.0 Å². The zero-order valence-electron chi connectivity index (χ0n) is 35.2. The quantitative estimate of drug-likeness (QED) is 0.130. The van der Waals surface area contributed by atoms with Crippen LogP contribution in [0.4, 0.5) is 4.79 Å². The molecule has 15 heteroatoms. The zero-order valence-corrected chi connectivity index (χ0v) is 35.2. The molecule has 5 unspecified atom stereocenters. The molecule has 0 aromatic heterocycles. The minimum atomic E-state index is -1.26. The molecule has 3 rings (SSSR count). The lowest BCUT2D eigenvalue weighted by atomic mass is 9.83. The van der Waals surface area contributed by atoms with Crippen molar-refractivity contribution in [2.45, 2.75) is 155 Å². The molecule has 57 heavy (non-hydrogen) atoms. The van der Waals surface area contributed by atoms with Gasteiger partial charge in [-0.2, -0.15) is 0 Å². The van der Waals surface area contributed by atoms with E-state index in [2.05, 4.69) is 21.3 Å². The molecule has 0 bridgehead atoms. The van der Waals surface area contributed by atoms with Gasteiger partial charge in [0.15, 0.2) is 6.04 Å². The smallest absolute Gasteiger partial charge is 0.407 e. The van der Waals surface area contributed by atoms with Gasteiger partial charge in [0.2, 0.25) is 23.5 Å². The second-order valence-electron chi connectivity index (χ2n) is 17.4. The van der Waals surface area contributed by atoms with Gasteiger partial charge < -0.3 is 40.4 Å². The number of rotatable bonds is 17. The van der Waals surface area contributed by atoms with Crippen LogP contribution in [0.15, 0.2) is 30.3 Å². The van der Waals surface area contributed by atoms with Crippen molar-refractivity contribution in [1.29, 1.82) is 0 Å². The number of benzene rings is 1. The Hall–Kier alpha value is -4.53. The molecule has 5 amide bonds. The largest absolute Gasteiger partial charge is 0.458 e. The van der Waals surface area contributed by atoms with Gasteiger partial charge in [0.25, 0.3) is 5.91 Å². The number of hydrogen-bond donors (Lipinski definition) is 4.